The number of thiophene rings is 1. The van der Waals surface area contributed by atoms with Crippen LogP contribution < -0.4 is 5.32 Å². The molecule has 3 heteroatoms. The van der Waals surface area contributed by atoms with Crippen LogP contribution in [-0.4, -0.2) is 6.54 Å². The van der Waals surface area contributed by atoms with Gasteiger partial charge in [0.25, 0.3) is 0 Å². The van der Waals surface area contributed by atoms with Gasteiger partial charge >= 0.3 is 0 Å². The van der Waals surface area contributed by atoms with Crippen molar-refractivity contribution in [1.29, 1.82) is 0 Å². The van der Waals surface area contributed by atoms with Gasteiger partial charge in [0.1, 0.15) is 0 Å². The summed E-state index contributed by atoms with van der Waals surface area (Å²) in [6.07, 6.45) is 1.11. The van der Waals surface area contributed by atoms with E-state index in [2.05, 4.69) is 56.6 Å². The molecule has 0 aliphatic heterocycles. The third kappa shape index (κ3) is 3.25. The standard InChI is InChI=1S/C17H22ClNS/c1-5-8-19-16(17-15(18)13(4)10-20-17)14-7-6-11(2)12(3)9-14/h6-7,9-10,16,19H,5,8H2,1-4H3. The first kappa shape index (κ1) is 15.6. The van der Waals surface area contributed by atoms with Gasteiger partial charge in [0.2, 0.25) is 0 Å². The second kappa shape index (κ2) is 6.75. The first-order valence-electron chi connectivity index (χ1n) is 7.08. The molecule has 1 heterocycles. The smallest absolute Gasteiger partial charge is 0.0686 e. The Hall–Kier alpha value is -0.830. The Labute approximate surface area is 131 Å². The molecular weight excluding hydrogens is 286 g/mol. The van der Waals surface area contributed by atoms with E-state index in [0.29, 0.717) is 0 Å². The summed E-state index contributed by atoms with van der Waals surface area (Å²) >= 11 is 8.22. The molecule has 1 N–H and O–H groups in total. The summed E-state index contributed by atoms with van der Waals surface area (Å²) in [6, 6.07) is 6.87. The van der Waals surface area contributed by atoms with Crippen molar-refractivity contribution in [3.63, 3.8) is 0 Å². The van der Waals surface area contributed by atoms with Crippen LogP contribution in [-0.2, 0) is 0 Å². The minimum Gasteiger partial charge on any atom is -0.306 e. The topological polar surface area (TPSA) is 12.0 Å². The number of hydrogen-bond acceptors (Lipinski definition) is 2. The van der Waals surface area contributed by atoms with Crippen molar-refractivity contribution in [2.45, 2.75) is 40.2 Å². The molecule has 108 valence electrons. The number of nitrogens with one attached hydrogen (secondary N) is 1. The normalized spacial score (nSPS) is 12.7. The van der Waals surface area contributed by atoms with Crippen LogP contribution in [0.4, 0.5) is 0 Å². The van der Waals surface area contributed by atoms with Crippen LogP contribution in [0.2, 0.25) is 5.02 Å². The summed E-state index contributed by atoms with van der Waals surface area (Å²) in [4.78, 5) is 1.22. The molecule has 0 radical (unpaired) electrons. The number of halogens is 1. The molecule has 2 rings (SSSR count). The largest absolute Gasteiger partial charge is 0.306 e. The van der Waals surface area contributed by atoms with Gasteiger partial charge in [-0.05, 0) is 61.4 Å². The van der Waals surface area contributed by atoms with Crippen molar-refractivity contribution in [2.75, 3.05) is 6.54 Å². The van der Waals surface area contributed by atoms with E-state index < -0.39 is 0 Å². The fourth-order valence-electron chi connectivity index (χ4n) is 2.24. The molecule has 1 aromatic heterocycles. The number of benzene rings is 1. The lowest BCUT2D eigenvalue weighted by molar-refractivity contribution is 0.605. The van der Waals surface area contributed by atoms with Crippen molar-refractivity contribution < 1.29 is 0 Å². The molecule has 0 aliphatic carbocycles. The molecule has 0 amide bonds. The van der Waals surface area contributed by atoms with Crippen LogP contribution in [0.1, 0.15) is 46.5 Å². The van der Waals surface area contributed by atoms with Gasteiger partial charge in [0.05, 0.1) is 11.1 Å². The predicted octanol–water partition coefficient (Wildman–Crippen LogP) is 5.42. The van der Waals surface area contributed by atoms with Gasteiger partial charge in [0.15, 0.2) is 0 Å². The molecule has 0 spiro atoms. The van der Waals surface area contributed by atoms with E-state index in [0.717, 1.165) is 18.0 Å². The van der Waals surface area contributed by atoms with Crippen molar-refractivity contribution in [3.8, 4) is 0 Å². The lowest BCUT2D eigenvalue weighted by atomic mass is 9.99. The summed E-state index contributed by atoms with van der Waals surface area (Å²) in [6.45, 7) is 9.56. The second-order valence-electron chi connectivity index (χ2n) is 5.33. The lowest BCUT2D eigenvalue weighted by Gasteiger charge is -2.19. The lowest BCUT2D eigenvalue weighted by Crippen LogP contribution is -2.22. The maximum Gasteiger partial charge on any atom is 0.0686 e. The van der Waals surface area contributed by atoms with Gasteiger partial charge in [-0.2, -0.15) is 0 Å². The second-order valence-corrected chi connectivity index (χ2v) is 6.62. The Morgan fingerprint density at radius 2 is 1.90 bits per heavy atom. The van der Waals surface area contributed by atoms with Crippen LogP contribution in [0, 0.1) is 20.8 Å². The van der Waals surface area contributed by atoms with Gasteiger partial charge in [-0.15, -0.1) is 11.3 Å². The van der Waals surface area contributed by atoms with Crippen LogP contribution in [0.5, 0.6) is 0 Å². The van der Waals surface area contributed by atoms with E-state index in [1.165, 1.54) is 27.1 Å². The molecule has 0 aliphatic rings. The third-order valence-corrected chi connectivity index (χ3v) is 5.43. The number of hydrogen-bond donors (Lipinski definition) is 1. The van der Waals surface area contributed by atoms with Crippen molar-refractivity contribution in [2.24, 2.45) is 0 Å². The summed E-state index contributed by atoms with van der Waals surface area (Å²) < 4.78 is 0. The average molecular weight is 308 g/mol. The minimum atomic E-state index is 0.195. The molecule has 0 fully saturated rings. The quantitative estimate of drug-likeness (QED) is 0.778. The highest BCUT2D eigenvalue weighted by molar-refractivity contribution is 7.10. The summed E-state index contributed by atoms with van der Waals surface area (Å²) in [5, 5.41) is 6.67. The fraction of sp³-hybridized carbons (Fsp3) is 0.412. The van der Waals surface area contributed by atoms with Crippen LogP contribution >= 0.6 is 22.9 Å². The van der Waals surface area contributed by atoms with Crippen LogP contribution in [0.15, 0.2) is 23.6 Å². The summed E-state index contributed by atoms with van der Waals surface area (Å²) in [7, 11) is 0. The van der Waals surface area contributed by atoms with Crippen molar-refractivity contribution in [1.82, 2.24) is 5.32 Å². The maximum absolute atomic E-state index is 6.47. The van der Waals surface area contributed by atoms with E-state index >= 15 is 0 Å². The van der Waals surface area contributed by atoms with E-state index in [-0.39, 0.29) is 6.04 Å². The highest BCUT2D eigenvalue weighted by Gasteiger charge is 2.19. The first-order chi connectivity index (χ1) is 9.54. The Morgan fingerprint density at radius 1 is 1.15 bits per heavy atom. The summed E-state index contributed by atoms with van der Waals surface area (Å²) in [5.74, 6) is 0. The molecule has 1 atom stereocenters. The van der Waals surface area contributed by atoms with Gasteiger partial charge < -0.3 is 5.32 Å². The third-order valence-electron chi connectivity index (χ3n) is 3.65. The Kier molecular flexibility index (Phi) is 5.25. The molecule has 2 aromatic rings. The first-order valence-corrected chi connectivity index (χ1v) is 8.34. The molecule has 1 unspecified atom stereocenters. The molecule has 20 heavy (non-hydrogen) atoms. The predicted molar refractivity (Wildman–Crippen MR) is 90.1 cm³/mol. The SMILES string of the molecule is CCCNC(c1ccc(C)c(C)c1)c1scc(C)c1Cl. The Balaban J connectivity index is 2.41. The molecule has 0 saturated carbocycles. The fourth-order valence-corrected chi connectivity index (χ4v) is 3.64. The minimum absolute atomic E-state index is 0.195. The van der Waals surface area contributed by atoms with E-state index in [1.54, 1.807) is 11.3 Å². The van der Waals surface area contributed by atoms with Gasteiger partial charge in [-0.25, -0.2) is 0 Å². The van der Waals surface area contributed by atoms with E-state index in [9.17, 15) is 0 Å². The molecule has 1 nitrogen and oxygen atoms in total. The zero-order valence-corrected chi connectivity index (χ0v) is 14.2. The molecule has 0 saturated heterocycles. The Bertz CT molecular complexity index is 589. The highest BCUT2D eigenvalue weighted by atomic mass is 35.5. The zero-order valence-electron chi connectivity index (χ0n) is 12.6. The van der Waals surface area contributed by atoms with Crippen LogP contribution in [0.25, 0.3) is 0 Å². The number of aryl methyl sites for hydroxylation is 3. The molecular formula is C17H22ClNS. The number of rotatable bonds is 5. The average Bonchev–Trinajstić information content (AvgIpc) is 2.75. The Morgan fingerprint density at radius 3 is 2.45 bits per heavy atom. The maximum atomic E-state index is 6.47. The summed E-state index contributed by atoms with van der Waals surface area (Å²) in [5.41, 5.74) is 5.12. The van der Waals surface area contributed by atoms with Gasteiger partial charge in [0, 0.05) is 4.88 Å². The zero-order chi connectivity index (χ0) is 14.7. The van der Waals surface area contributed by atoms with Crippen molar-refractivity contribution in [3.05, 3.63) is 55.7 Å². The molecule has 1 aromatic carbocycles. The van der Waals surface area contributed by atoms with Gasteiger partial charge in [-0.1, -0.05) is 36.7 Å². The molecule has 0 bridgehead atoms. The monoisotopic (exact) mass is 307 g/mol. The van der Waals surface area contributed by atoms with Crippen LogP contribution in [0.3, 0.4) is 0 Å². The van der Waals surface area contributed by atoms with Gasteiger partial charge in [-0.3, -0.25) is 0 Å². The van der Waals surface area contributed by atoms with E-state index in [1.807, 2.05) is 0 Å². The highest BCUT2D eigenvalue weighted by Crippen LogP contribution is 2.36. The van der Waals surface area contributed by atoms with Crippen molar-refractivity contribution >= 4 is 22.9 Å². The van der Waals surface area contributed by atoms with E-state index in [4.69, 9.17) is 11.6 Å².